The minimum atomic E-state index is 0.390. The number of aryl methyl sites for hydroxylation is 1. The summed E-state index contributed by atoms with van der Waals surface area (Å²) in [6, 6.07) is 4.10. The first-order chi connectivity index (χ1) is 11.2. The van der Waals surface area contributed by atoms with Crippen LogP contribution >= 0.6 is 11.8 Å². The van der Waals surface area contributed by atoms with E-state index in [1.807, 2.05) is 17.7 Å². The van der Waals surface area contributed by atoms with Crippen LogP contribution in [0.15, 0.2) is 33.1 Å². The average Bonchev–Trinajstić information content (AvgIpc) is 3.25. The zero-order valence-corrected chi connectivity index (χ0v) is 14.2. The first kappa shape index (κ1) is 15.2. The molecule has 4 heterocycles. The van der Waals surface area contributed by atoms with E-state index >= 15 is 0 Å². The van der Waals surface area contributed by atoms with Crippen molar-refractivity contribution in [2.24, 2.45) is 12.5 Å². The summed E-state index contributed by atoms with van der Waals surface area (Å²) in [5.41, 5.74) is 0.390. The fourth-order valence-corrected chi connectivity index (χ4v) is 4.33. The molecule has 1 spiro atoms. The summed E-state index contributed by atoms with van der Waals surface area (Å²) in [4.78, 5) is 2.51. The molecule has 0 N–H and O–H groups in total. The van der Waals surface area contributed by atoms with E-state index < -0.39 is 0 Å². The molecule has 0 bridgehead atoms. The van der Waals surface area contributed by atoms with Gasteiger partial charge in [-0.15, -0.1) is 10.2 Å². The van der Waals surface area contributed by atoms with Gasteiger partial charge in [0, 0.05) is 25.6 Å². The Morgan fingerprint density at radius 1 is 1.35 bits per heavy atom. The lowest BCUT2D eigenvalue weighted by Gasteiger charge is -2.39. The number of rotatable bonds is 4. The minimum Gasteiger partial charge on any atom is -0.453 e. The van der Waals surface area contributed by atoms with Crippen LogP contribution < -0.4 is 0 Å². The van der Waals surface area contributed by atoms with Gasteiger partial charge in [0.25, 0.3) is 0 Å². The molecule has 124 valence electrons. The van der Waals surface area contributed by atoms with Crippen LogP contribution in [0.4, 0.5) is 0 Å². The van der Waals surface area contributed by atoms with Gasteiger partial charge in [0.1, 0.15) is 12.1 Å². The highest BCUT2D eigenvalue weighted by molar-refractivity contribution is 7.99. The maximum absolute atomic E-state index is 5.97. The Morgan fingerprint density at radius 3 is 3.09 bits per heavy atom. The Bertz CT molecular complexity index is 663. The Labute approximate surface area is 140 Å². The van der Waals surface area contributed by atoms with Gasteiger partial charge in [0.2, 0.25) is 0 Å². The molecule has 2 aliphatic rings. The molecule has 2 aromatic heterocycles. The summed E-state index contributed by atoms with van der Waals surface area (Å²) in [5.74, 6) is 1.02. The van der Waals surface area contributed by atoms with Gasteiger partial charge in [0.05, 0.1) is 13.2 Å². The average molecular weight is 334 g/mol. The lowest BCUT2D eigenvalue weighted by Crippen LogP contribution is -2.43. The Morgan fingerprint density at radius 2 is 2.30 bits per heavy atom. The van der Waals surface area contributed by atoms with Gasteiger partial charge in [-0.25, -0.2) is 0 Å². The van der Waals surface area contributed by atoms with Crippen molar-refractivity contribution < 1.29 is 9.15 Å². The lowest BCUT2D eigenvalue weighted by atomic mass is 9.79. The molecule has 1 atom stereocenters. The van der Waals surface area contributed by atoms with Gasteiger partial charge < -0.3 is 13.7 Å². The Kier molecular flexibility index (Phi) is 4.17. The highest BCUT2D eigenvalue weighted by Crippen LogP contribution is 2.38. The number of nitrogens with zero attached hydrogens (tertiary/aromatic N) is 4. The summed E-state index contributed by atoms with van der Waals surface area (Å²) in [6.45, 7) is 5.00. The summed E-state index contributed by atoms with van der Waals surface area (Å²) in [5, 5.41) is 9.67. The molecule has 0 unspecified atom stereocenters. The van der Waals surface area contributed by atoms with Crippen molar-refractivity contribution in [3.63, 3.8) is 0 Å². The maximum Gasteiger partial charge on any atom is 0.198 e. The first-order valence-corrected chi connectivity index (χ1v) is 8.95. The van der Waals surface area contributed by atoms with Crippen molar-refractivity contribution in [2.75, 3.05) is 26.3 Å². The second-order valence-corrected chi connectivity index (χ2v) is 7.64. The third-order valence-electron chi connectivity index (χ3n) is 4.80. The standard InChI is InChI=1S/C16H22N4O2S/c1-19-12-17-18-15(19)23-14-4-3-13(22-14)9-20-7-2-5-16(10-20)6-8-21-11-16/h3-4,12H,2,5-11H2,1H3/t16-/m1/s1. The maximum atomic E-state index is 5.97. The fourth-order valence-electron chi connectivity index (χ4n) is 3.59. The SMILES string of the molecule is Cn1cnnc1Sc1ccc(CN2CCC[C@@]3(CCOC3)C2)o1. The molecule has 4 rings (SSSR count). The Balaban J connectivity index is 1.38. The van der Waals surface area contributed by atoms with Crippen LogP contribution in [0, 0.1) is 5.41 Å². The van der Waals surface area contributed by atoms with Crippen LogP contribution in [0.1, 0.15) is 25.0 Å². The molecule has 2 saturated heterocycles. The van der Waals surface area contributed by atoms with Crippen LogP contribution in [0.2, 0.25) is 0 Å². The number of piperidine rings is 1. The van der Waals surface area contributed by atoms with E-state index in [9.17, 15) is 0 Å². The van der Waals surface area contributed by atoms with E-state index in [4.69, 9.17) is 9.15 Å². The van der Waals surface area contributed by atoms with E-state index in [0.717, 1.165) is 48.9 Å². The van der Waals surface area contributed by atoms with Crippen LogP contribution in [0.5, 0.6) is 0 Å². The van der Waals surface area contributed by atoms with Gasteiger partial charge in [-0.3, -0.25) is 4.90 Å². The van der Waals surface area contributed by atoms with Crippen LogP contribution in [-0.2, 0) is 18.3 Å². The smallest absolute Gasteiger partial charge is 0.198 e. The van der Waals surface area contributed by atoms with Gasteiger partial charge >= 0.3 is 0 Å². The Hall–Kier alpha value is -1.31. The topological polar surface area (TPSA) is 56.3 Å². The molecule has 0 amide bonds. The molecule has 23 heavy (non-hydrogen) atoms. The lowest BCUT2D eigenvalue weighted by molar-refractivity contribution is 0.0602. The number of furan rings is 1. The summed E-state index contributed by atoms with van der Waals surface area (Å²) >= 11 is 1.51. The molecule has 2 aromatic rings. The van der Waals surface area contributed by atoms with E-state index in [1.54, 1.807) is 6.33 Å². The van der Waals surface area contributed by atoms with Crippen LogP contribution in [0.3, 0.4) is 0 Å². The van der Waals surface area contributed by atoms with Crippen molar-refractivity contribution in [1.82, 2.24) is 19.7 Å². The van der Waals surface area contributed by atoms with Gasteiger partial charge in [0.15, 0.2) is 10.2 Å². The predicted molar refractivity (Wildman–Crippen MR) is 86.2 cm³/mol. The van der Waals surface area contributed by atoms with Crippen molar-refractivity contribution >= 4 is 11.8 Å². The molecule has 0 saturated carbocycles. The zero-order chi connectivity index (χ0) is 15.7. The number of aromatic nitrogens is 3. The van der Waals surface area contributed by atoms with E-state index in [2.05, 4.69) is 21.2 Å². The number of hydrogen-bond acceptors (Lipinski definition) is 6. The molecule has 7 heteroatoms. The van der Waals surface area contributed by atoms with Gasteiger partial charge in [-0.2, -0.15) is 0 Å². The third kappa shape index (κ3) is 3.32. The molecular weight excluding hydrogens is 312 g/mol. The molecule has 0 aliphatic carbocycles. The minimum absolute atomic E-state index is 0.390. The molecule has 2 fully saturated rings. The zero-order valence-electron chi connectivity index (χ0n) is 13.4. The summed E-state index contributed by atoms with van der Waals surface area (Å²) in [6.07, 6.45) is 5.46. The van der Waals surface area contributed by atoms with Gasteiger partial charge in [-0.1, -0.05) is 0 Å². The highest BCUT2D eigenvalue weighted by Gasteiger charge is 2.38. The largest absolute Gasteiger partial charge is 0.453 e. The van der Waals surface area contributed by atoms with E-state index in [1.165, 1.54) is 31.0 Å². The molecule has 0 aromatic carbocycles. The normalized spacial score (nSPS) is 25.4. The summed E-state index contributed by atoms with van der Waals surface area (Å²) < 4.78 is 13.5. The summed E-state index contributed by atoms with van der Waals surface area (Å²) in [7, 11) is 1.93. The van der Waals surface area contributed by atoms with Crippen molar-refractivity contribution in [3.05, 3.63) is 24.2 Å². The fraction of sp³-hybridized carbons (Fsp3) is 0.625. The quantitative estimate of drug-likeness (QED) is 0.856. The number of likely N-dealkylation sites (tertiary alicyclic amines) is 1. The van der Waals surface area contributed by atoms with Crippen LogP contribution in [-0.4, -0.2) is 46.0 Å². The first-order valence-electron chi connectivity index (χ1n) is 8.13. The predicted octanol–water partition coefficient (Wildman–Crippen LogP) is 2.56. The van der Waals surface area contributed by atoms with Crippen LogP contribution in [0.25, 0.3) is 0 Å². The number of hydrogen-bond donors (Lipinski definition) is 0. The molecule has 6 nitrogen and oxygen atoms in total. The second kappa shape index (κ2) is 6.30. The number of ether oxygens (including phenoxy) is 1. The van der Waals surface area contributed by atoms with Crippen molar-refractivity contribution in [3.8, 4) is 0 Å². The monoisotopic (exact) mass is 334 g/mol. The van der Waals surface area contributed by atoms with Crippen molar-refractivity contribution in [1.29, 1.82) is 0 Å². The third-order valence-corrected chi connectivity index (χ3v) is 5.78. The highest BCUT2D eigenvalue weighted by atomic mass is 32.2. The van der Waals surface area contributed by atoms with Crippen molar-refractivity contribution in [2.45, 2.75) is 36.1 Å². The molecule has 0 radical (unpaired) electrons. The molecule has 2 aliphatic heterocycles. The molecular formula is C16H22N4O2S. The second-order valence-electron chi connectivity index (χ2n) is 6.66. The van der Waals surface area contributed by atoms with E-state index in [0.29, 0.717) is 5.41 Å². The van der Waals surface area contributed by atoms with E-state index in [-0.39, 0.29) is 0 Å². The van der Waals surface area contributed by atoms with Gasteiger partial charge in [-0.05, 0) is 49.7 Å².